The molecule has 3 nitrogen and oxygen atoms in total. The number of piperidine rings is 1. The van der Waals surface area contributed by atoms with Gasteiger partial charge in [0, 0.05) is 19.6 Å². The molecule has 1 unspecified atom stereocenters. The number of hydrogen-bond donors (Lipinski definition) is 1. The quantitative estimate of drug-likeness (QED) is 0.522. The molecule has 1 saturated heterocycles. The van der Waals surface area contributed by atoms with Crippen molar-refractivity contribution in [1.82, 2.24) is 4.90 Å². The topological polar surface area (TPSA) is 41.6 Å². The minimum absolute atomic E-state index is 0.173. The fourth-order valence-corrected chi connectivity index (χ4v) is 2.67. The molecule has 1 atom stereocenters. The van der Waals surface area contributed by atoms with E-state index < -0.39 is 0 Å². The Morgan fingerprint density at radius 2 is 2.35 bits per heavy atom. The van der Waals surface area contributed by atoms with Crippen LogP contribution in [0.2, 0.25) is 0 Å². The van der Waals surface area contributed by atoms with E-state index in [-0.39, 0.29) is 5.82 Å². The lowest BCUT2D eigenvalue weighted by Gasteiger charge is -2.31. The van der Waals surface area contributed by atoms with E-state index in [0.717, 1.165) is 31.5 Å². The van der Waals surface area contributed by atoms with Crippen molar-refractivity contribution in [3.05, 3.63) is 35.6 Å². The molecule has 0 amide bonds. The minimum atomic E-state index is -0.173. The predicted molar refractivity (Wildman–Crippen MR) is 81.2 cm³/mol. The Bertz CT molecular complexity index is 459. The lowest BCUT2D eigenvalue weighted by atomic mass is 10.0. The van der Waals surface area contributed by atoms with Crippen LogP contribution in [0.4, 0.5) is 4.39 Å². The summed E-state index contributed by atoms with van der Waals surface area (Å²) in [6.07, 6.45) is 4.21. The molecule has 110 valence electrons. The van der Waals surface area contributed by atoms with Crippen molar-refractivity contribution in [2.75, 3.05) is 19.6 Å². The highest BCUT2D eigenvalue weighted by Crippen LogP contribution is 2.15. The highest BCUT2D eigenvalue weighted by atomic mass is 19.1. The summed E-state index contributed by atoms with van der Waals surface area (Å²) in [7, 11) is 0. The van der Waals surface area contributed by atoms with E-state index in [4.69, 9.17) is 5.73 Å². The minimum Gasteiger partial charge on any atom is -0.370 e. The standard InChI is InChI=1S/C16H24FN3/c1-13-5-4-10-20(12-13)16(18)19-9-3-7-14-6-2-8-15(17)11-14/h2,6,8,11,13H,3-5,7,9-10,12H2,1H3,(H2,18,19). The Kier molecular flexibility index (Phi) is 5.39. The van der Waals surface area contributed by atoms with Crippen molar-refractivity contribution in [2.24, 2.45) is 16.6 Å². The zero-order valence-electron chi connectivity index (χ0n) is 12.2. The van der Waals surface area contributed by atoms with Crippen LogP contribution >= 0.6 is 0 Å². The van der Waals surface area contributed by atoms with Gasteiger partial charge in [-0.2, -0.15) is 0 Å². The maximum Gasteiger partial charge on any atom is 0.191 e. The van der Waals surface area contributed by atoms with E-state index in [0.29, 0.717) is 18.4 Å². The Balaban J connectivity index is 1.75. The molecule has 0 spiro atoms. The third kappa shape index (κ3) is 4.51. The number of guanidine groups is 1. The maximum atomic E-state index is 13.0. The summed E-state index contributed by atoms with van der Waals surface area (Å²) in [5.74, 6) is 1.19. The molecule has 2 rings (SSSR count). The molecule has 0 aromatic heterocycles. The molecule has 0 radical (unpaired) electrons. The molecule has 1 aromatic carbocycles. The van der Waals surface area contributed by atoms with Crippen LogP contribution in [-0.4, -0.2) is 30.5 Å². The van der Waals surface area contributed by atoms with Crippen molar-refractivity contribution >= 4 is 5.96 Å². The zero-order chi connectivity index (χ0) is 14.4. The lowest BCUT2D eigenvalue weighted by molar-refractivity contribution is 0.270. The highest BCUT2D eigenvalue weighted by Gasteiger charge is 2.17. The van der Waals surface area contributed by atoms with E-state index in [1.54, 1.807) is 12.1 Å². The van der Waals surface area contributed by atoms with E-state index >= 15 is 0 Å². The molecule has 4 heteroatoms. The fourth-order valence-electron chi connectivity index (χ4n) is 2.67. The van der Waals surface area contributed by atoms with E-state index in [9.17, 15) is 4.39 Å². The van der Waals surface area contributed by atoms with Gasteiger partial charge in [0.05, 0.1) is 0 Å². The number of halogens is 1. The zero-order valence-corrected chi connectivity index (χ0v) is 12.2. The highest BCUT2D eigenvalue weighted by molar-refractivity contribution is 5.78. The van der Waals surface area contributed by atoms with Gasteiger partial charge in [-0.3, -0.25) is 4.99 Å². The van der Waals surface area contributed by atoms with Gasteiger partial charge in [-0.1, -0.05) is 19.1 Å². The molecular weight excluding hydrogens is 253 g/mol. The molecule has 0 bridgehead atoms. The van der Waals surface area contributed by atoms with Gasteiger partial charge in [0.25, 0.3) is 0 Å². The Labute approximate surface area is 120 Å². The number of aryl methyl sites for hydroxylation is 1. The van der Waals surface area contributed by atoms with Crippen molar-refractivity contribution < 1.29 is 4.39 Å². The second-order valence-electron chi connectivity index (χ2n) is 5.67. The first-order chi connectivity index (χ1) is 9.65. The summed E-state index contributed by atoms with van der Waals surface area (Å²) >= 11 is 0. The molecule has 1 aliphatic rings. The smallest absolute Gasteiger partial charge is 0.191 e. The van der Waals surface area contributed by atoms with Gasteiger partial charge in [-0.15, -0.1) is 0 Å². The van der Waals surface area contributed by atoms with Gasteiger partial charge in [0.15, 0.2) is 5.96 Å². The van der Waals surface area contributed by atoms with Gasteiger partial charge >= 0.3 is 0 Å². The maximum absolute atomic E-state index is 13.0. The summed E-state index contributed by atoms with van der Waals surface area (Å²) in [4.78, 5) is 6.62. The predicted octanol–water partition coefficient (Wildman–Crippen LogP) is 2.80. The van der Waals surface area contributed by atoms with Gasteiger partial charge in [0.2, 0.25) is 0 Å². The Morgan fingerprint density at radius 1 is 1.50 bits per heavy atom. The molecule has 2 N–H and O–H groups in total. The number of benzene rings is 1. The monoisotopic (exact) mass is 277 g/mol. The van der Waals surface area contributed by atoms with Gasteiger partial charge < -0.3 is 10.6 Å². The second-order valence-corrected chi connectivity index (χ2v) is 5.67. The van der Waals surface area contributed by atoms with E-state index in [2.05, 4.69) is 16.8 Å². The molecule has 1 aliphatic heterocycles. The molecule has 1 aromatic rings. The number of nitrogens with two attached hydrogens (primary N) is 1. The van der Waals surface area contributed by atoms with Gasteiger partial charge in [-0.25, -0.2) is 4.39 Å². The average molecular weight is 277 g/mol. The summed E-state index contributed by atoms with van der Waals surface area (Å²) in [6.45, 7) is 4.99. The van der Waals surface area contributed by atoms with Crippen LogP contribution in [0.1, 0.15) is 31.7 Å². The number of hydrogen-bond acceptors (Lipinski definition) is 1. The third-order valence-corrected chi connectivity index (χ3v) is 3.77. The average Bonchev–Trinajstić information content (AvgIpc) is 2.43. The first-order valence-electron chi connectivity index (χ1n) is 7.44. The van der Waals surface area contributed by atoms with Gasteiger partial charge in [-0.05, 0) is 49.3 Å². The number of aliphatic imine (C=N–C) groups is 1. The number of nitrogens with zero attached hydrogens (tertiary/aromatic N) is 2. The SMILES string of the molecule is CC1CCCN(C(N)=NCCCc2cccc(F)c2)C1. The summed E-state index contributed by atoms with van der Waals surface area (Å²) < 4.78 is 13.0. The lowest BCUT2D eigenvalue weighted by Crippen LogP contribution is -2.43. The van der Waals surface area contributed by atoms with Crippen LogP contribution < -0.4 is 5.73 Å². The van der Waals surface area contributed by atoms with Gasteiger partial charge in [0.1, 0.15) is 5.82 Å². The molecule has 1 heterocycles. The van der Waals surface area contributed by atoms with Crippen molar-refractivity contribution in [3.63, 3.8) is 0 Å². The van der Waals surface area contributed by atoms with E-state index in [1.807, 2.05) is 6.07 Å². The summed E-state index contributed by atoms with van der Waals surface area (Å²) in [6, 6.07) is 6.75. The fraction of sp³-hybridized carbons (Fsp3) is 0.562. The number of likely N-dealkylation sites (tertiary alicyclic amines) is 1. The molecule has 20 heavy (non-hydrogen) atoms. The van der Waals surface area contributed by atoms with Crippen LogP contribution in [0, 0.1) is 11.7 Å². The normalized spacial score (nSPS) is 20.2. The molecule has 0 saturated carbocycles. The van der Waals surface area contributed by atoms with Crippen molar-refractivity contribution in [1.29, 1.82) is 0 Å². The first kappa shape index (κ1) is 14.8. The third-order valence-electron chi connectivity index (χ3n) is 3.77. The summed E-state index contributed by atoms with van der Waals surface area (Å²) in [5.41, 5.74) is 7.05. The van der Waals surface area contributed by atoms with Crippen LogP contribution in [0.3, 0.4) is 0 Å². The van der Waals surface area contributed by atoms with Crippen LogP contribution in [0.25, 0.3) is 0 Å². The van der Waals surface area contributed by atoms with Crippen LogP contribution in [0.5, 0.6) is 0 Å². The van der Waals surface area contributed by atoms with Crippen LogP contribution in [-0.2, 0) is 6.42 Å². The van der Waals surface area contributed by atoms with E-state index in [1.165, 1.54) is 18.9 Å². The van der Waals surface area contributed by atoms with Crippen LogP contribution in [0.15, 0.2) is 29.3 Å². The molecule has 1 fully saturated rings. The van der Waals surface area contributed by atoms with Crippen molar-refractivity contribution in [3.8, 4) is 0 Å². The largest absolute Gasteiger partial charge is 0.370 e. The first-order valence-corrected chi connectivity index (χ1v) is 7.44. The second kappa shape index (κ2) is 7.27. The molecular formula is C16H24FN3. The molecule has 0 aliphatic carbocycles. The number of rotatable bonds is 4. The van der Waals surface area contributed by atoms with Crippen molar-refractivity contribution in [2.45, 2.75) is 32.6 Å². The Hall–Kier alpha value is -1.58. The Morgan fingerprint density at radius 3 is 3.10 bits per heavy atom. The summed E-state index contributed by atoms with van der Waals surface area (Å²) in [5, 5.41) is 0.